The minimum atomic E-state index is -4.27. The fourth-order valence-corrected chi connectivity index (χ4v) is 3.03. The van der Waals surface area contributed by atoms with E-state index < -0.39 is 20.2 Å². The van der Waals surface area contributed by atoms with E-state index in [1.54, 1.807) is 24.3 Å². The van der Waals surface area contributed by atoms with Crippen molar-refractivity contribution >= 4 is 20.2 Å². The molecule has 2 aromatic carbocycles. The van der Waals surface area contributed by atoms with Crippen molar-refractivity contribution in [3.05, 3.63) is 121 Å². The average molecular weight is 503 g/mol. The van der Waals surface area contributed by atoms with Crippen LogP contribution in [0, 0.1) is 13.8 Å². The van der Waals surface area contributed by atoms with Gasteiger partial charge in [0.2, 0.25) is 0 Å². The number of aryl methyl sites for hydroxylation is 2. The van der Waals surface area contributed by atoms with Crippen LogP contribution in [0.2, 0.25) is 0 Å². The first-order valence-corrected chi connectivity index (χ1v) is 12.7. The summed E-state index contributed by atoms with van der Waals surface area (Å²) >= 11 is 0. The first kappa shape index (κ1) is 28.6. The number of hydrogen-bond acceptors (Lipinski definition) is 6. The topological polar surface area (TPSA) is 143 Å². The molecular formula is C24H26N2O6S2. The van der Waals surface area contributed by atoms with Crippen molar-refractivity contribution in [2.45, 2.75) is 23.6 Å². The van der Waals surface area contributed by atoms with E-state index in [0.717, 1.165) is 11.1 Å². The molecule has 2 heterocycles. The summed E-state index contributed by atoms with van der Waals surface area (Å²) < 4.78 is 62.3. The minimum absolute atomic E-state index is 0.178. The van der Waals surface area contributed by atoms with Gasteiger partial charge in [0.25, 0.3) is 0 Å². The summed E-state index contributed by atoms with van der Waals surface area (Å²) in [5.74, 6) is 0. The lowest BCUT2D eigenvalue weighted by Gasteiger charge is -2.05. The molecule has 10 heteroatoms. The van der Waals surface area contributed by atoms with Crippen LogP contribution in [0.25, 0.3) is 0 Å². The third-order valence-corrected chi connectivity index (χ3v) is 5.53. The van der Waals surface area contributed by atoms with Gasteiger partial charge in [-0.1, -0.05) is 47.5 Å². The van der Waals surface area contributed by atoms with Crippen molar-refractivity contribution in [3.63, 3.8) is 0 Å². The number of rotatable bonds is 2. The molecule has 4 rings (SSSR count). The zero-order valence-electron chi connectivity index (χ0n) is 18.7. The van der Waals surface area contributed by atoms with Crippen LogP contribution in [0.1, 0.15) is 11.1 Å². The summed E-state index contributed by atoms with van der Waals surface area (Å²) in [5.41, 5.74) is 1.86. The lowest BCUT2D eigenvalue weighted by atomic mass is 10.2. The maximum Gasteiger partial charge on any atom is 0.166 e. The molecule has 0 aliphatic carbocycles. The van der Waals surface area contributed by atoms with Crippen LogP contribution in [-0.4, -0.2) is 25.9 Å². The van der Waals surface area contributed by atoms with Crippen LogP contribution in [0.3, 0.4) is 0 Å². The summed E-state index contributed by atoms with van der Waals surface area (Å²) in [7, 11) is -8.54. The number of benzene rings is 2. The monoisotopic (exact) mass is 502 g/mol. The standard InChI is InChI=1S/2C7H8O3S.2C5H5N/c2*1-6-2-4-7(5-3-6)11(8,9)10;2*1-2-4-6-5-3-1/h2*2-5H,1H3,(H,8,9,10);2*1-5H. The van der Waals surface area contributed by atoms with Gasteiger partial charge in [-0.15, -0.1) is 0 Å². The van der Waals surface area contributed by atoms with E-state index in [-0.39, 0.29) is 9.79 Å². The Hall–Kier alpha value is -3.44. The van der Waals surface area contributed by atoms with Crippen molar-refractivity contribution in [2.24, 2.45) is 0 Å². The second-order valence-electron chi connectivity index (χ2n) is 6.69. The molecule has 0 amide bonds. The molecule has 34 heavy (non-hydrogen) atoms. The van der Waals surface area contributed by atoms with Gasteiger partial charge in [0.15, 0.2) is 24.8 Å². The number of pyridine rings is 2. The molecule has 0 unspecified atom stereocenters. The molecule has 0 aliphatic rings. The minimum Gasteiger partial charge on any atom is -0.744 e. The smallest absolute Gasteiger partial charge is 0.166 e. The third-order valence-electron chi connectivity index (χ3n) is 3.83. The summed E-state index contributed by atoms with van der Waals surface area (Å²) in [6.45, 7) is 3.64. The number of H-pyrrole nitrogens is 2. The zero-order valence-corrected chi connectivity index (χ0v) is 20.3. The first-order valence-electron chi connectivity index (χ1n) is 9.87. The lowest BCUT2D eigenvalue weighted by molar-refractivity contribution is -0.378. The highest BCUT2D eigenvalue weighted by molar-refractivity contribution is 7.86. The first-order chi connectivity index (χ1) is 16.0. The Balaban J connectivity index is 0.000000235. The van der Waals surface area contributed by atoms with Crippen LogP contribution in [0.4, 0.5) is 0 Å². The zero-order chi connectivity index (χ0) is 25.5. The normalized spacial score (nSPS) is 10.2. The average Bonchev–Trinajstić information content (AvgIpc) is 2.82. The number of nitrogens with one attached hydrogen (secondary N) is 2. The summed E-state index contributed by atoms with van der Waals surface area (Å²) in [5, 5.41) is 0. The molecule has 0 saturated heterocycles. The SMILES string of the molecule is Cc1ccc(S(=O)(=O)[O-])cc1.Cc1ccc(S(=O)(=O)[O-])cc1.c1cc[nH+]cc1.c1cc[nH+]cc1. The predicted molar refractivity (Wildman–Crippen MR) is 124 cm³/mol. The largest absolute Gasteiger partial charge is 0.744 e. The van der Waals surface area contributed by atoms with E-state index in [0.29, 0.717) is 0 Å². The Morgan fingerprint density at radius 2 is 0.765 bits per heavy atom. The van der Waals surface area contributed by atoms with Gasteiger partial charge in [0, 0.05) is 24.3 Å². The molecule has 0 radical (unpaired) electrons. The van der Waals surface area contributed by atoms with Crippen LogP contribution < -0.4 is 9.97 Å². The van der Waals surface area contributed by atoms with Gasteiger partial charge < -0.3 is 9.11 Å². The molecule has 4 aromatic rings. The summed E-state index contributed by atoms with van der Waals surface area (Å²) in [6.07, 6.45) is 7.50. The fourth-order valence-electron chi connectivity index (χ4n) is 2.09. The Bertz CT molecular complexity index is 1120. The maximum absolute atomic E-state index is 10.4. The van der Waals surface area contributed by atoms with E-state index in [2.05, 4.69) is 9.97 Å². The Labute approximate surface area is 200 Å². The van der Waals surface area contributed by atoms with Crippen LogP contribution in [-0.2, 0) is 20.2 Å². The maximum atomic E-state index is 10.4. The fraction of sp³-hybridized carbons (Fsp3) is 0.0833. The molecule has 180 valence electrons. The van der Waals surface area contributed by atoms with E-state index >= 15 is 0 Å². The summed E-state index contributed by atoms with van der Waals surface area (Å²) in [6, 6.07) is 23.3. The number of aromatic nitrogens is 2. The van der Waals surface area contributed by atoms with Crippen LogP contribution >= 0.6 is 0 Å². The molecular weight excluding hydrogens is 476 g/mol. The van der Waals surface area contributed by atoms with Gasteiger partial charge in [-0.3, -0.25) is 0 Å². The van der Waals surface area contributed by atoms with E-state index in [9.17, 15) is 25.9 Å². The van der Waals surface area contributed by atoms with Gasteiger partial charge in [-0.25, -0.2) is 26.8 Å². The highest BCUT2D eigenvalue weighted by atomic mass is 32.2. The summed E-state index contributed by atoms with van der Waals surface area (Å²) in [4.78, 5) is 5.43. The van der Waals surface area contributed by atoms with Gasteiger partial charge in [0.05, 0.1) is 9.79 Å². The molecule has 8 nitrogen and oxygen atoms in total. The van der Waals surface area contributed by atoms with Crippen molar-refractivity contribution < 1.29 is 35.9 Å². The lowest BCUT2D eigenvalue weighted by Crippen LogP contribution is -1.97. The number of hydrogen-bond donors (Lipinski definition) is 0. The highest BCUT2D eigenvalue weighted by Gasteiger charge is 1.98. The van der Waals surface area contributed by atoms with Gasteiger partial charge in [0.1, 0.15) is 20.2 Å². The van der Waals surface area contributed by atoms with Gasteiger partial charge in [-0.05, 0) is 38.1 Å². The molecule has 0 saturated carbocycles. The van der Waals surface area contributed by atoms with Crippen LogP contribution in [0.15, 0.2) is 120 Å². The predicted octanol–water partition coefficient (Wildman–Crippen LogP) is 2.80. The number of aromatic amines is 2. The molecule has 2 N–H and O–H groups in total. The van der Waals surface area contributed by atoms with E-state index in [1.807, 2.05) is 75.0 Å². The molecule has 0 aliphatic heterocycles. The Kier molecular flexibility index (Phi) is 12.3. The van der Waals surface area contributed by atoms with Crippen LogP contribution in [0.5, 0.6) is 0 Å². The molecule has 0 atom stereocenters. The van der Waals surface area contributed by atoms with Crippen molar-refractivity contribution in [2.75, 3.05) is 0 Å². The second kappa shape index (κ2) is 14.7. The molecule has 0 spiro atoms. The van der Waals surface area contributed by atoms with E-state index in [1.165, 1.54) is 24.3 Å². The highest BCUT2D eigenvalue weighted by Crippen LogP contribution is 2.09. The second-order valence-corrected chi connectivity index (χ2v) is 9.45. The van der Waals surface area contributed by atoms with Gasteiger partial charge >= 0.3 is 0 Å². The third kappa shape index (κ3) is 13.2. The van der Waals surface area contributed by atoms with Crippen molar-refractivity contribution in [1.82, 2.24) is 0 Å². The van der Waals surface area contributed by atoms with E-state index in [4.69, 9.17) is 0 Å². The Morgan fingerprint density at radius 3 is 0.912 bits per heavy atom. The van der Waals surface area contributed by atoms with Gasteiger partial charge in [-0.2, -0.15) is 0 Å². The molecule has 0 bridgehead atoms. The Morgan fingerprint density at radius 1 is 0.500 bits per heavy atom. The van der Waals surface area contributed by atoms with Crippen molar-refractivity contribution in [1.29, 1.82) is 0 Å². The molecule has 2 aromatic heterocycles. The van der Waals surface area contributed by atoms with Crippen molar-refractivity contribution in [3.8, 4) is 0 Å². The molecule has 0 fully saturated rings. The quantitative estimate of drug-likeness (QED) is 0.386.